The molecule has 7 heteroatoms. The second-order valence-corrected chi connectivity index (χ2v) is 5.28. The van der Waals surface area contributed by atoms with Gasteiger partial charge in [0.15, 0.2) is 0 Å². The first-order valence-electron chi connectivity index (χ1n) is 5.38. The van der Waals surface area contributed by atoms with Crippen LogP contribution >= 0.6 is 23.4 Å². The van der Waals surface area contributed by atoms with Gasteiger partial charge in [-0.15, -0.1) is 16.5 Å². The molecule has 100 valence electrons. The molecule has 19 heavy (non-hydrogen) atoms. The number of nitrogens with zero attached hydrogens (tertiary/aromatic N) is 1. The van der Waals surface area contributed by atoms with Gasteiger partial charge in [-0.3, -0.25) is 9.59 Å². The van der Waals surface area contributed by atoms with Crippen LogP contribution in [0.1, 0.15) is 10.6 Å². The molecule has 2 aromatic rings. The molecule has 0 bridgehead atoms. The number of hydrogen-bond acceptors (Lipinski definition) is 5. The average Bonchev–Trinajstić information content (AvgIpc) is 2.67. The predicted molar refractivity (Wildman–Crippen MR) is 74.9 cm³/mol. The zero-order valence-corrected chi connectivity index (χ0v) is 11.6. The number of halogens is 1. The second-order valence-electron chi connectivity index (χ2n) is 3.85. The lowest BCUT2D eigenvalue weighted by Gasteiger charge is -2.04. The van der Waals surface area contributed by atoms with Crippen LogP contribution in [0.25, 0.3) is 0 Å². The van der Waals surface area contributed by atoms with Crippen LogP contribution in [0, 0.1) is 6.92 Å². The van der Waals surface area contributed by atoms with Crippen LogP contribution in [0.3, 0.4) is 0 Å². The van der Waals surface area contributed by atoms with Crippen LogP contribution < -0.4 is 11.3 Å². The Labute approximate surface area is 118 Å². The Morgan fingerprint density at radius 3 is 2.79 bits per heavy atom. The number of rotatable bonds is 3. The first-order chi connectivity index (χ1) is 8.97. The van der Waals surface area contributed by atoms with E-state index in [9.17, 15) is 9.59 Å². The quantitative estimate of drug-likeness (QED) is 0.695. The summed E-state index contributed by atoms with van der Waals surface area (Å²) in [5, 5.41) is 0.473. The third kappa shape index (κ3) is 3.21. The molecule has 0 aliphatic heterocycles. The number of hydrogen-bond donors (Lipinski definition) is 1. The summed E-state index contributed by atoms with van der Waals surface area (Å²) in [4.78, 5) is 23.9. The van der Waals surface area contributed by atoms with Gasteiger partial charge < -0.3 is 10.3 Å². The summed E-state index contributed by atoms with van der Waals surface area (Å²) in [6.07, 6.45) is 0. The van der Waals surface area contributed by atoms with E-state index >= 15 is 0 Å². The summed E-state index contributed by atoms with van der Waals surface area (Å²) in [5.41, 5.74) is 5.66. The van der Waals surface area contributed by atoms with Crippen LogP contribution in [0.4, 0.5) is 5.69 Å². The van der Waals surface area contributed by atoms with Crippen molar-refractivity contribution in [2.24, 2.45) is 0 Å². The van der Waals surface area contributed by atoms with E-state index in [2.05, 4.69) is 0 Å². The van der Waals surface area contributed by atoms with E-state index in [1.54, 1.807) is 25.1 Å². The van der Waals surface area contributed by atoms with Gasteiger partial charge in [-0.25, -0.2) is 0 Å². The van der Waals surface area contributed by atoms with Gasteiger partial charge in [-0.1, -0.05) is 11.6 Å². The van der Waals surface area contributed by atoms with E-state index in [4.69, 9.17) is 21.9 Å². The summed E-state index contributed by atoms with van der Waals surface area (Å²) in [6, 6.07) is 6.30. The van der Waals surface area contributed by atoms with Gasteiger partial charge in [0.1, 0.15) is 5.76 Å². The first-order valence-corrected chi connectivity index (χ1v) is 6.75. The van der Waals surface area contributed by atoms with Crippen molar-refractivity contribution in [2.45, 2.75) is 11.8 Å². The van der Waals surface area contributed by atoms with Crippen molar-refractivity contribution in [1.29, 1.82) is 0 Å². The number of thioether (sulfide) groups is 1. The molecule has 1 aromatic heterocycles. The van der Waals surface area contributed by atoms with Gasteiger partial charge in [-0.2, -0.15) is 0 Å². The standard InChI is InChI=1S/C12H11ClN2O3S/c1-7-4-11(16)15(18-7)12(17)6-19-10-3-2-8(14)5-9(10)13/h2-5H,6,14H2,1H3. The summed E-state index contributed by atoms with van der Waals surface area (Å²) in [6.45, 7) is 1.61. The van der Waals surface area contributed by atoms with Crippen molar-refractivity contribution >= 4 is 35.0 Å². The fourth-order valence-corrected chi connectivity index (χ4v) is 2.56. The van der Waals surface area contributed by atoms with Crippen molar-refractivity contribution in [3.8, 4) is 0 Å². The van der Waals surface area contributed by atoms with Crippen molar-refractivity contribution in [2.75, 3.05) is 11.5 Å². The van der Waals surface area contributed by atoms with E-state index in [1.807, 2.05) is 0 Å². The minimum atomic E-state index is -0.466. The fraction of sp³-hybridized carbons (Fsp3) is 0.167. The highest BCUT2D eigenvalue weighted by atomic mass is 35.5. The minimum Gasteiger partial charge on any atom is -0.399 e. The molecule has 0 saturated heterocycles. The number of aryl methyl sites for hydroxylation is 1. The molecule has 0 amide bonds. The Hall–Kier alpha value is -1.66. The van der Waals surface area contributed by atoms with E-state index in [-0.39, 0.29) is 5.75 Å². The van der Waals surface area contributed by atoms with E-state index in [0.29, 0.717) is 16.5 Å². The molecule has 0 radical (unpaired) electrons. The maximum atomic E-state index is 11.8. The molecule has 0 unspecified atom stereocenters. The smallest absolute Gasteiger partial charge is 0.290 e. The molecular weight excluding hydrogens is 288 g/mol. The number of aromatic nitrogens is 1. The number of carbonyl (C=O) groups is 1. The molecule has 0 aliphatic rings. The number of benzene rings is 1. The molecule has 0 atom stereocenters. The minimum absolute atomic E-state index is 0.0521. The summed E-state index contributed by atoms with van der Waals surface area (Å²) < 4.78 is 5.75. The number of nitrogens with two attached hydrogens (primary N) is 1. The normalized spacial score (nSPS) is 10.6. The highest BCUT2D eigenvalue weighted by Crippen LogP contribution is 2.28. The van der Waals surface area contributed by atoms with Crippen LogP contribution in [-0.2, 0) is 0 Å². The van der Waals surface area contributed by atoms with Gasteiger partial charge in [0, 0.05) is 16.6 Å². The van der Waals surface area contributed by atoms with Crippen molar-refractivity contribution in [3.63, 3.8) is 0 Å². The van der Waals surface area contributed by atoms with Crippen LogP contribution in [0.2, 0.25) is 5.02 Å². The Bertz CT molecular complexity index is 678. The van der Waals surface area contributed by atoms with E-state index < -0.39 is 11.5 Å². The SMILES string of the molecule is Cc1cc(=O)n(C(=O)CSc2ccc(N)cc2Cl)o1. The van der Waals surface area contributed by atoms with Crippen LogP contribution in [-0.4, -0.2) is 16.4 Å². The van der Waals surface area contributed by atoms with Gasteiger partial charge in [-0.05, 0) is 25.1 Å². The third-order valence-electron chi connectivity index (χ3n) is 2.30. The highest BCUT2D eigenvalue weighted by molar-refractivity contribution is 8.00. The van der Waals surface area contributed by atoms with Crippen molar-refractivity contribution in [1.82, 2.24) is 4.74 Å². The van der Waals surface area contributed by atoms with E-state index in [1.165, 1.54) is 17.8 Å². The van der Waals surface area contributed by atoms with Gasteiger partial charge in [0.25, 0.3) is 11.5 Å². The molecule has 0 saturated carbocycles. The molecule has 2 rings (SSSR count). The molecule has 0 aliphatic carbocycles. The summed E-state index contributed by atoms with van der Waals surface area (Å²) >= 11 is 7.21. The zero-order chi connectivity index (χ0) is 14.0. The largest absolute Gasteiger partial charge is 0.399 e. The number of nitrogen functional groups attached to an aromatic ring is 1. The molecular formula is C12H11ClN2O3S. The molecule has 1 heterocycles. The fourth-order valence-electron chi connectivity index (χ4n) is 1.45. The van der Waals surface area contributed by atoms with E-state index in [0.717, 1.165) is 9.64 Å². The maximum absolute atomic E-state index is 11.8. The first kappa shape index (κ1) is 13.8. The van der Waals surface area contributed by atoms with Crippen LogP contribution in [0.15, 0.2) is 38.5 Å². The average molecular weight is 299 g/mol. The molecule has 5 nitrogen and oxygen atoms in total. The Morgan fingerprint density at radius 1 is 1.47 bits per heavy atom. The highest BCUT2D eigenvalue weighted by Gasteiger charge is 2.13. The second kappa shape index (κ2) is 5.54. The molecule has 2 N–H and O–H groups in total. The number of carbonyl (C=O) groups excluding carboxylic acids is 1. The Kier molecular flexibility index (Phi) is 4.01. The maximum Gasteiger partial charge on any atom is 0.290 e. The lowest BCUT2D eigenvalue weighted by atomic mass is 10.3. The van der Waals surface area contributed by atoms with Crippen molar-refractivity contribution < 1.29 is 9.32 Å². The van der Waals surface area contributed by atoms with Gasteiger partial charge in [0.2, 0.25) is 0 Å². The van der Waals surface area contributed by atoms with Crippen LogP contribution in [0.5, 0.6) is 0 Å². The lowest BCUT2D eigenvalue weighted by Crippen LogP contribution is -2.23. The molecule has 1 aromatic carbocycles. The summed E-state index contributed by atoms with van der Waals surface area (Å²) in [5.74, 6) is 0.0149. The molecule has 0 spiro atoms. The Balaban J connectivity index is 2.08. The zero-order valence-electron chi connectivity index (χ0n) is 10.1. The molecule has 0 fully saturated rings. The van der Waals surface area contributed by atoms with Gasteiger partial charge in [0.05, 0.1) is 10.8 Å². The Morgan fingerprint density at radius 2 is 2.21 bits per heavy atom. The van der Waals surface area contributed by atoms with Crippen molar-refractivity contribution in [3.05, 3.63) is 45.4 Å². The third-order valence-corrected chi connectivity index (χ3v) is 3.78. The predicted octanol–water partition coefficient (Wildman–Crippen LogP) is 2.42. The number of anilines is 1. The lowest BCUT2D eigenvalue weighted by molar-refractivity contribution is 0.0813. The monoisotopic (exact) mass is 298 g/mol. The van der Waals surface area contributed by atoms with Gasteiger partial charge >= 0.3 is 0 Å². The summed E-state index contributed by atoms with van der Waals surface area (Å²) in [7, 11) is 0. The topological polar surface area (TPSA) is 78.2 Å².